The Bertz CT molecular complexity index is 868. The Morgan fingerprint density at radius 2 is 1.12 bits per heavy atom. The van der Waals surface area contributed by atoms with Gasteiger partial charge in [-0.05, 0) is 18.1 Å². The molecule has 0 bridgehead atoms. The van der Waals surface area contributed by atoms with Crippen molar-refractivity contribution >= 4 is 19.7 Å². The zero-order valence-corrected chi connectivity index (χ0v) is 14.8. The third-order valence-electron chi connectivity index (χ3n) is 3.85. The van der Waals surface area contributed by atoms with Crippen LogP contribution in [0.3, 0.4) is 0 Å². The molecule has 6 heteroatoms. The molecule has 0 aliphatic heterocycles. The fourth-order valence-electron chi connectivity index (χ4n) is 2.24. The van der Waals surface area contributed by atoms with Crippen LogP contribution in [0, 0.1) is 12.3 Å². The van der Waals surface area contributed by atoms with Crippen molar-refractivity contribution < 1.29 is 16.8 Å². The van der Waals surface area contributed by atoms with Gasteiger partial charge in [0.15, 0.2) is 19.7 Å². The minimum atomic E-state index is -4.13. The van der Waals surface area contributed by atoms with Crippen molar-refractivity contribution in [3.8, 4) is 12.3 Å². The van der Waals surface area contributed by atoms with Gasteiger partial charge >= 0.3 is 0 Å². The van der Waals surface area contributed by atoms with Crippen LogP contribution in [0.4, 0.5) is 0 Å². The van der Waals surface area contributed by atoms with Crippen LogP contribution in [0.1, 0.15) is 18.1 Å². The first-order valence-electron chi connectivity index (χ1n) is 7.22. The second kappa shape index (κ2) is 6.80. The average Bonchev–Trinajstić information content (AvgIpc) is 2.54. The van der Waals surface area contributed by atoms with E-state index in [1.54, 1.807) is 60.7 Å². The first kappa shape index (κ1) is 18.2. The van der Waals surface area contributed by atoms with E-state index in [0.717, 1.165) is 6.92 Å². The van der Waals surface area contributed by atoms with Crippen molar-refractivity contribution in [1.82, 2.24) is 0 Å². The molecule has 126 valence electrons. The molecule has 2 rings (SSSR count). The van der Waals surface area contributed by atoms with Crippen LogP contribution in [0.25, 0.3) is 0 Å². The molecule has 2 aromatic rings. The van der Waals surface area contributed by atoms with Gasteiger partial charge in [-0.3, -0.25) is 0 Å². The Morgan fingerprint density at radius 3 is 1.42 bits per heavy atom. The molecule has 0 aliphatic carbocycles. The summed E-state index contributed by atoms with van der Waals surface area (Å²) < 4.78 is 48.8. The van der Waals surface area contributed by atoms with Crippen molar-refractivity contribution in [2.45, 2.75) is 22.5 Å². The third-order valence-corrected chi connectivity index (χ3v) is 9.41. The van der Waals surface area contributed by atoms with Gasteiger partial charge in [0.25, 0.3) is 0 Å². The fourth-order valence-corrected chi connectivity index (χ4v) is 6.31. The van der Waals surface area contributed by atoms with Crippen molar-refractivity contribution in [3.05, 3.63) is 71.8 Å². The Balaban J connectivity index is 2.41. The van der Waals surface area contributed by atoms with Gasteiger partial charge in [-0.1, -0.05) is 66.6 Å². The molecule has 0 spiro atoms. The van der Waals surface area contributed by atoms with E-state index >= 15 is 0 Å². The molecule has 0 heterocycles. The maximum atomic E-state index is 12.8. The summed E-state index contributed by atoms with van der Waals surface area (Å²) in [6.07, 6.45) is 5.38. The fraction of sp³-hybridized carbons (Fsp3) is 0.222. The Hall–Kier alpha value is -2.10. The summed E-state index contributed by atoms with van der Waals surface area (Å²) in [6.45, 7) is 1.09. The van der Waals surface area contributed by atoms with Crippen molar-refractivity contribution in [3.63, 3.8) is 0 Å². The van der Waals surface area contributed by atoms with E-state index in [-0.39, 0.29) is 0 Å². The molecular weight excluding hydrogens is 344 g/mol. The first-order valence-corrected chi connectivity index (χ1v) is 10.5. The van der Waals surface area contributed by atoms with Crippen LogP contribution in [0.2, 0.25) is 0 Å². The zero-order valence-electron chi connectivity index (χ0n) is 13.2. The predicted octanol–water partition coefficient (Wildman–Crippen LogP) is 2.57. The number of hydrogen-bond acceptors (Lipinski definition) is 4. The van der Waals surface area contributed by atoms with E-state index in [1.165, 1.54) is 0 Å². The van der Waals surface area contributed by atoms with Crippen molar-refractivity contribution in [2.24, 2.45) is 0 Å². The van der Waals surface area contributed by atoms with E-state index in [1.807, 2.05) is 5.92 Å². The molecule has 0 atom stereocenters. The number of rotatable bonds is 6. The largest absolute Gasteiger partial charge is 0.230 e. The second-order valence-corrected chi connectivity index (χ2v) is 10.5. The van der Waals surface area contributed by atoms with Gasteiger partial charge in [0, 0.05) is 0 Å². The SMILES string of the molecule is C#CC(C)(S(=O)(=O)Cc1ccccc1)S(=O)(=O)Cc1ccccc1. The topological polar surface area (TPSA) is 68.3 Å². The van der Waals surface area contributed by atoms with Crippen LogP contribution < -0.4 is 0 Å². The first-order chi connectivity index (χ1) is 11.2. The van der Waals surface area contributed by atoms with Crippen LogP contribution >= 0.6 is 0 Å². The molecule has 2 aromatic carbocycles. The highest BCUT2D eigenvalue weighted by Gasteiger charge is 2.49. The van der Waals surface area contributed by atoms with Crippen LogP contribution in [-0.2, 0) is 31.2 Å². The quantitative estimate of drug-likeness (QED) is 0.741. The summed E-state index contributed by atoms with van der Waals surface area (Å²) in [5.74, 6) is 1.17. The van der Waals surface area contributed by atoms with E-state index in [2.05, 4.69) is 0 Å². The Labute approximate surface area is 143 Å². The van der Waals surface area contributed by atoms with Crippen LogP contribution in [-0.4, -0.2) is 20.9 Å². The van der Waals surface area contributed by atoms with Gasteiger partial charge in [0.1, 0.15) is 0 Å². The van der Waals surface area contributed by atoms with E-state index in [0.29, 0.717) is 11.1 Å². The minimum Gasteiger partial charge on any atom is -0.226 e. The number of hydrogen-bond donors (Lipinski definition) is 0. The van der Waals surface area contributed by atoms with E-state index < -0.39 is 35.3 Å². The maximum Gasteiger partial charge on any atom is 0.230 e. The average molecular weight is 362 g/mol. The van der Waals surface area contributed by atoms with Gasteiger partial charge in [-0.25, -0.2) is 16.8 Å². The minimum absolute atomic E-state index is 0.428. The van der Waals surface area contributed by atoms with Gasteiger partial charge in [-0.15, -0.1) is 6.42 Å². The molecule has 0 N–H and O–H groups in total. The molecular formula is C18H18O4S2. The molecule has 0 amide bonds. The van der Waals surface area contributed by atoms with Gasteiger partial charge < -0.3 is 0 Å². The van der Waals surface area contributed by atoms with Gasteiger partial charge in [0.05, 0.1) is 11.5 Å². The van der Waals surface area contributed by atoms with Gasteiger partial charge in [0.2, 0.25) is 4.08 Å². The van der Waals surface area contributed by atoms with E-state index in [9.17, 15) is 16.8 Å². The molecule has 0 saturated carbocycles. The molecule has 0 radical (unpaired) electrons. The van der Waals surface area contributed by atoms with Crippen molar-refractivity contribution in [2.75, 3.05) is 0 Å². The highest BCUT2D eigenvalue weighted by atomic mass is 32.3. The third kappa shape index (κ3) is 3.53. The van der Waals surface area contributed by atoms with E-state index in [4.69, 9.17) is 6.42 Å². The molecule has 0 saturated heterocycles. The standard InChI is InChI=1S/C18H18O4S2/c1-3-18(2,23(19,20)14-16-10-6-4-7-11-16)24(21,22)15-17-12-8-5-9-13-17/h1,4-13H,14-15H2,2H3. The predicted molar refractivity (Wildman–Crippen MR) is 95.4 cm³/mol. The second-order valence-electron chi connectivity index (χ2n) is 5.58. The summed E-state index contributed by atoms with van der Waals surface area (Å²) in [5, 5.41) is 0. The molecule has 4 nitrogen and oxygen atoms in total. The summed E-state index contributed by atoms with van der Waals surface area (Å²) in [5.41, 5.74) is 0.989. The Kier molecular flexibility index (Phi) is 5.16. The lowest BCUT2D eigenvalue weighted by Gasteiger charge is -2.24. The summed E-state index contributed by atoms with van der Waals surface area (Å²) >= 11 is 0. The molecule has 0 unspecified atom stereocenters. The summed E-state index contributed by atoms with van der Waals surface area (Å²) in [6, 6.07) is 16.8. The number of benzene rings is 2. The van der Waals surface area contributed by atoms with Gasteiger partial charge in [-0.2, -0.15) is 0 Å². The number of sulfone groups is 2. The lowest BCUT2D eigenvalue weighted by molar-refractivity contribution is 0.565. The normalized spacial score (nSPS) is 12.5. The molecule has 0 aromatic heterocycles. The highest BCUT2D eigenvalue weighted by molar-refractivity contribution is 8.10. The molecule has 0 aliphatic rings. The molecule has 24 heavy (non-hydrogen) atoms. The number of terminal acetylenes is 1. The Morgan fingerprint density at radius 1 is 0.792 bits per heavy atom. The zero-order chi connectivity index (χ0) is 17.8. The highest BCUT2D eigenvalue weighted by Crippen LogP contribution is 2.30. The van der Waals surface area contributed by atoms with Crippen molar-refractivity contribution in [1.29, 1.82) is 0 Å². The summed E-state index contributed by atoms with van der Waals surface area (Å²) in [4.78, 5) is 0. The van der Waals surface area contributed by atoms with Crippen LogP contribution in [0.15, 0.2) is 60.7 Å². The summed E-state index contributed by atoms with van der Waals surface area (Å²) in [7, 11) is -8.25. The monoisotopic (exact) mass is 362 g/mol. The lowest BCUT2D eigenvalue weighted by atomic mass is 10.2. The maximum absolute atomic E-state index is 12.8. The van der Waals surface area contributed by atoms with Crippen LogP contribution in [0.5, 0.6) is 0 Å². The molecule has 0 fully saturated rings. The smallest absolute Gasteiger partial charge is 0.226 e. The lowest BCUT2D eigenvalue weighted by Crippen LogP contribution is -2.43.